The quantitative estimate of drug-likeness (QED) is 0.730. The van der Waals surface area contributed by atoms with Crippen molar-refractivity contribution in [2.45, 2.75) is 63.5 Å². The van der Waals surface area contributed by atoms with Gasteiger partial charge in [0, 0.05) is 38.3 Å². The maximum absolute atomic E-state index is 12.4. The van der Waals surface area contributed by atoms with E-state index in [0.717, 1.165) is 37.5 Å². The number of nitrogens with one attached hydrogen (secondary N) is 2. The fourth-order valence-corrected chi connectivity index (χ4v) is 5.53. The van der Waals surface area contributed by atoms with Gasteiger partial charge >= 0.3 is 12.1 Å². The average Bonchev–Trinajstić information content (AvgIpc) is 2.81. The number of carbonyl (C=O) groups excluding carboxylic acids is 2. The van der Waals surface area contributed by atoms with E-state index in [9.17, 15) is 9.59 Å². The molecule has 0 unspecified atom stereocenters. The van der Waals surface area contributed by atoms with E-state index >= 15 is 0 Å². The maximum Gasteiger partial charge on any atom is 0.317 e. The lowest BCUT2D eigenvalue weighted by Gasteiger charge is -2.39. The number of carbonyl (C=O) groups is 2. The minimum atomic E-state index is 0.0817. The second kappa shape index (κ2) is 10.7. The first-order valence-corrected chi connectivity index (χ1v) is 12.0. The molecule has 2 saturated heterocycles. The van der Waals surface area contributed by atoms with Crippen molar-refractivity contribution in [1.82, 2.24) is 20.4 Å². The molecule has 0 bridgehead atoms. The normalized spacial score (nSPS) is 33.1. The van der Waals surface area contributed by atoms with Gasteiger partial charge in [-0.25, -0.2) is 9.59 Å². The highest BCUT2D eigenvalue weighted by Crippen LogP contribution is 2.38. The molecule has 0 aromatic rings. The molecule has 2 N–H and O–H groups in total. The molecule has 0 radical (unpaired) electrons. The molecule has 2 aliphatic carbocycles. The van der Waals surface area contributed by atoms with Gasteiger partial charge in [0.05, 0.1) is 26.4 Å². The molecule has 8 heteroatoms. The highest BCUT2D eigenvalue weighted by atomic mass is 16.5. The second-order valence-corrected chi connectivity index (χ2v) is 9.32. The third-order valence-electron chi connectivity index (χ3n) is 7.46. The predicted octanol–water partition coefficient (Wildman–Crippen LogP) is 2.19. The van der Waals surface area contributed by atoms with Crippen molar-refractivity contribution in [3.05, 3.63) is 0 Å². The van der Waals surface area contributed by atoms with Gasteiger partial charge in [-0.15, -0.1) is 0 Å². The van der Waals surface area contributed by atoms with Gasteiger partial charge in [0.2, 0.25) is 0 Å². The zero-order chi connectivity index (χ0) is 20.8. The number of morpholine rings is 2. The largest absolute Gasteiger partial charge is 0.378 e. The standard InChI is InChI=1S/C22H38N4O4/c27-21(25-9-13-29-14-10-25)23-19-5-1-17(2-6-19)18-3-7-20(8-4-18)24-22(28)26-11-15-30-16-12-26/h17-20H,1-16H2,(H,23,27)(H,24,28). The Balaban J connectivity index is 1.13. The number of hydrogen-bond donors (Lipinski definition) is 2. The fraction of sp³-hybridized carbons (Fsp3) is 0.909. The highest BCUT2D eigenvalue weighted by molar-refractivity contribution is 5.75. The molecule has 0 spiro atoms. The van der Waals surface area contributed by atoms with Crippen LogP contribution in [0.2, 0.25) is 0 Å². The Hall–Kier alpha value is -1.54. The molecule has 2 saturated carbocycles. The van der Waals surface area contributed by atoms with Gasteiger partial charge < -0.3 is 29.9 Å². The van der Waals surface area contributed by atoms with E-state index in [1.54, 1.807) is 0 Å². The van der Waals surface area contributed by atoms with Gasteiger partial charge in [-0.3, -0.25) is 0 Å². The molecule has 30 heavy (non-hydrogen) atoms. The zero-order valence-electron chi connectivity index (χ0n) is 18.2. The monoisotopic (exact) mass is 422 g/mol. The summed E-state index contributed by atoms with van der Waals surface area (Å²) < 4.78 is 10.7. The lowest BCUT2D eigenvalue weighted by molar-refractivity contribution is 0.0510. The minimum absolute atomic E-state index is 0.0817. The van der Waals surface area contributed by atoms with Crippen LogP contribution in [0.4, 0.5) is 9.59 Å². The highest BCUT2D eigenvalue weighted by Gasteiger charge is 2.32. The molecule has 0 aromatic heterocycles. The van der Waals surface area contributed by atoms with E-state index < -0.39 is 0 Å². The summed E-state index contributed by atoms with van der Waals surface area (Å²) in [6.07, 6.45) is 9.21. The minimum Gasteiger partial charge on any atom is -0.378 e. The third kappa shape index (κ3) is 5.78. The molecule has 0 aromatic carbocycles. The smallest absolute Gasteiger partial charge is 0.317 e. The first-order valence-electron chi connectivity index (χ1n) is 12.0. The van der Waals surface area contributed by atoms with Crippen LogP contribution in [0.25, 0.3) is 0 Å². The lowest BCUT2D eigenvalue weighted by atomic mass is 9.71. The molecule has 170 valence electrons. The molecule has 4 fully saturated rings. The number of rotatable bonds is 3. The van der Waals surface area contributed by atoms with E-state index in [1.165, 1.54) is 25.7 Å². The van der Waals surface area contributed by atoms with E-state index in [-0.39, 0.29) is 12.1 Å². The molecule has 4 aliphatic rings. The lowest BCUT2D eigenvalue weighted by Crippen LogP contribution is -2.50. The van der Waals surface area contributed by atoms with Crippen molar-refractivity contribution in [2.75, 3.05) is 52.6 Å². The van der Waals surface area contributed by atoms with E-state index in [4.69, 9.17) is 9.47 Å². The van der Waals surface area contributed by atoms with Crippen LogP contribution in [0.15, 0.2) is 0 Å². The average molecular weight is 423 g/mol. The van der Waals surface area contributed by atoms with Crippen molar-refractivity contribution >= 4 is 12.1 Å². The molecule has 4 rings (SSSR count). The zero-order valence-corrected chi connectivity index (χ0v) is 18.2. The van der Waals surface area contributed by atoms with Gasteiger partial charge in [0.25, 0.3) is 0 Å². The second-order valence-electron chi connectivity index (χ2n) is 9.32. The summed E-state index contributed by atoms with van der Waals surface area (Å²) in [6.45, 7) is 5.40. The van der Waals surface area contributed by atoms with Crippen molar-refractivity contribution in [3.8, 4) is 0 Å². The molecule has 0 atom stereocenters. The predicted molar refractivity (Wildman–Crippen MR) is 113 cm³/mol. The van der Waals surface area contributed by atoms with Gasteiger partial charge in [0.15, 0.2) is 0 Å². The first kappa shape index (κ1) is 21.7. The molecular formula is C22H38N4O4. The third-order valence-corrected chi connectivity index (χ3v) is 7.46. The molecule has 2 heterocycles. The number of nitrogens with zero attached hydrogens (tertiary/aromatic N) is 2. The van der Waals surface area contributed by atoms with Crippen LogP contribution in [0, 0.1) is 11.8 Å². The number of amides is 4. The summed E-state index contributed by atoms with van der Waals surface area (Å²) in [6, 6.07) is 0.804. The Bertz CT molecular complexity index is 511. The van der Waals surface area contributed by atoms with Crippen LogP contribution in [-0.4, -0.2) is 86.6 Å². The topological polar surface area (TPSA) is 83.1 Å². The van der Waals surface area contributed by atoms with Gasteiger partial charge in [-0.1, -0.05) is 0 Å². The van der Waals surface area contributed by atoms with Gasteiger partial charge in [-0.2, -0.15) is 0 Å². The summed E-state index contributed by atoms with van der Waals surface area (Å²) in [5.74, 6) is 1.55. The summed E-state index contributed by atoms with van der Waals surface area (Å²) in [5, 5.41) is 6.48. The maximum atomic E-state index is 12.4. The van der Waals surface area contributed by atoms with Crippen molar-refractivity contribution in [3.63, 3.8) is 0 Å². The van der Waals surface area contributed by atoms with Gasteiger partial charge in [-0.05, 0) is 63.2 Å². The van der Waals surface area contributed by atoms with Crippen LogP contribution < -0.4 is 10.6 Å². The Labute approximate surface area is 180 Å². The summed E-state index contributed by atoms with van der Waals surface area (Å²) in [5.41, 5.74) is 0. The first-order chi connectivity index (χ1) is 14.7. The van der Waals surface area contributed by atoms with Crippen LogP contribution in [0.1, 0.15) is 51.4 Å². The number of urea groups is 2. The van der Waals surface area contributed by atoms with Crippen molar-refractivity contribution < 1.29 is 19.1 Å². The SMILES string of the molecule is O=C(NC1CCC(C2CCC(NC(=O)N3CCOCC3)CC2)CC1)N1CCOCC1. The Morgan fingerprint density at radius 3 is 1.23 bits per heavy atom. The van der Waals surface area contributed by atoms with Gasteiger partial charge in [0.1, 0.15) is 0 Å². The van der Waals surface area contributed by atoms with E-state index in [2.05, 4.69) is 10.6 Å². The van der Waals surface area contributed by atoms with E-state index in [0.29, 0.717) is 64.7 Å². The van der Waals surface area contributed by atoms with Crippen LogP contribution in [-0.2, 0) is 9.47 Å². The molecule has 2 aliphatic heterocycles. The van der Waals surface area contributed by atoms with Crippen molar-refractivity contribution in [1.29, 1.82) is 0 Å². The molecule has 8 nitrogen and oxygen atoms in total. The summed E-state index contributed by atoms with van der Waals surface area (Å²) in [7, 11) is 0. The molecule has 4 amide bonds. The number of ether oxygens (including phenoxy) is 2. The Morgan fingerprint density at radius 1 is 0.567 bits per heavy atom. The number of hydrogen-bond acceptors (Lipinski definition) is 4. The fourth-order valence-electron chi connectivity index (χ4n) is 5.53. The van der Waals surface area contributed by atoms with Crippen LogP contribution in [0.5, 0.6) is 0 Å². The molecular weight excluding hydrogens is 384 g/mol. The van der Waals surface area contributed by atoms with Crippen LogP contribution >= 0.6 is 0 Å². The Kier molecular flexibility index (Phi) is 7.71. The van der Waals surface area contributed by atoms with Crippen molar-refractivity contribution in [2.24, 2.45) is 11.8 Å². The van der Waals surface area contributed by atoms with E-state index in [1.807, 2.05) is 9.80 Å². The summed E-state index contributed by atoms with van der Waals surface area (Å²) in [4.78, 5) is 28.6. The summed E-state index contributed by atoms with van der Waals surface area (Å²) >= 11 is 0. The van der Waals surface area contributed by atoms with Crippen LogP contribution in [0.3, 0.4) is 0 Å². The Morgan fingerprint density at radius 2 is 0.900 bits per heavy atom.